The molecule has 0 fully saturated rings. The zero-order valence-corrected chi connectivity index (χ0v) is 16.1. The Morgan fingerprint density at radius 2 is 1.65 bits per heavy atom. The molecule has 1 aliphatic heterocycles. The summed E-state index contributed by atoms with van der Waals surface area (Å²) in [4.78, 5) is 14.9. The number of carbonyl (C=O) groups excluding carboxylic acids is 1. The first kappa shape index (κ1) is 18.3. The topological polar surface area (TPSA) is 38.8 Å². The SMILES string of the molecule is CCOc1cc2c(cc1OCC)CN(C(=O)c1ccc(C)cc1C)CC2. The normalized spacial score (nSPS) is 13.3. The largest absolute Gasteiger partial charge is 0.490 e. The van der Waals surface area contributed by atoms with Crippen molar-refractivity contribution in [1.82, 2.24) is 4.90 Å². The minimum Gasteiger partial charge on any atom is -0.490 e. The number of aryl methyl sites for hydroxylation is 2. The molecule has 4 heteroatoms. The second-order valence-electron chi connectivity index (χ2n) is 6.73. The summed E-state index contributed by atoms with van der Waals surface area (Å²) >= 11 is 0. The molecule has 0 N–H and O–H groups in total. The van der Waals surface area contributed by atoms with Gasteiger partial charge >= 0.3 is 0 Å². The first-order valence-corrected chi connectivity index (χ1v) is 9.31. The molecule has 138 valence electrons. The van der Waals surface area contributed by atoms with Crippen LogP contribution in [0.1, 0.15) is 46.5 Å². The quantitative estimate of drug-likeness (QED) is 0.804. The maximum atomic E-state index is 13.0. The summed E-state index contributed by atoms with van der Waals surface area (Å²) in [6, 6.07) is 10.1. The lowest BCUT2D eigenvalue weighted by Gasteiger charge is -2.30. The van der Waals surface area contributed by atoms with Gasteiger partial charge in [-0.15, -0.1) is 0 Å². The Kier molecular flexibility index (Phi) is 5.50. The predicted molar refractivity (Wildman–Crippen MR) is 103 cm³/mol. The third-order valence-corrected chi connectivity index (χ3v) is 4.78. The van der Waals surface area contributed by atoms with Crippen LogP contribution in [0.25, 0.3) is 0 Å². The molecule has 0 spiro atoms. The van der Waals surface area contributed by atoms with E-state index in [4.69, 9.17) is 9.47 Å². The molecular weight excluding hydrogens is 326 g/mol. The van der Waals surface area contributed by atoms with Crippen LogP contribution < -0.4 is 9.47 Å². The molecule has 1 heterocycles. The third kappa shape index (κ3) is 3.69. The first-order chi connectivity index (χ1) is 12.5. The van der Waals surface area contributed by atoms with E-state index in [1.807, 2.05) is 50.8 Å². The molecule has 0 saturated heterocycles. The molecule has 2 aromatic carbocycles. The van der Waals surface area contributed by atoms with Crippen LogP contribution in [0.4, 0.5) is 0 Å². The molecule has 0 radical (unpaired) electrons. The maximum Gasteiger partial charge on any atom is 0.254 e. The van der Waals surface area contributed by atoms with E-state index in [1.54, 1.807) is 0 Å². The van der Waals surface area contributed by atoms with Crippen molar-refractivity contribution in [2.75, 3.05) is 19.8 Å². The zero-order chi connectivity index (χ0) is 18.7. The lowest BCUT2D eigenvalue weighted by atomic mass is 9.97. The second kappa shape index (κ2) is 7.81. The van der Waals surface area contributed by atoms with Crippen LogP contribution in [0.15, 0.2) is 30.3 Å². The Morgan fingerprint density at radius 3 is 2.27 bits per heavy atom. The first-order valence-electron chi connectivity index (χ1n) is 9.31. The van der Waals surface area contributed by atoms with Crippen molar-refractivity contribution in [3.05, 3.63) is 58.1 Å². The van der Waals surface area contributed by atoms with Gasteiger partial charge in [-0.05, 0) is 69.0 Å². The van der Waals surface area contributed by atoms with Gasteiger partial charge < -0.3 is 14.4 Å². The Morgan fingerprint density at radius 1 is 1.00 bits per heavy atom. The van der Waals surface area contributed by atoms with Crippen LogP contribution in [-0.2, 0) is 13.0 Å². The second-order valence-corrected chi connectivity index (χ2v) is 6.73. The fourth-order valence-corrected chi connectivity index (χ4v) is 3.50. The standard InChI is InChI=1S/C22H27NO3/c1-5-25-20-12-17-9-10-23(14-18(17)13-21(20)26-6-2)22(24)19-8-7-15(3)11-16(19)4/h7-8,11-13H,5-6,9-10,14H2,1-4H3. The van der Waals surface area contributed by atoms with Gasteiger partial charge in [0.15, 0.2) is 11.5 Å². The number of ether oxygens (including phenoxy) is 2. The molecule has 2 aromatic rings. The molecule has 26 heavy (non-hydrogen) atoms. The summed E-state index contributed by atoms with van der Waals surface area (Å²) in [5.74, 6) is 1.65. The minimum absolute atomic E-state index is 0.0972. The van der Waals surface area contributed by atoms with Crippen LogP contribution in [0.2, 0.25) is 0 Å². The number of benzene rings is 2. The zero-order valence-electron chi connectivity index (χ0n) is 16.1. The van der Waals surface area contributed by atoms with E-state index in [-0.39, 0.29) is 5.91 Å². The molecule has 0 atom stereocenters. The molecule has 0 saturated carbocycles. The van der Waals surface area contributed by atoms with Crippen LogP contribution in [0.3, 0.4) is 0 Å². The monoisotopic (exact) mass is 353 g/mol. The van der Waals surface area contributed by atoms with Gasteiger partial charge in [-0.2, -0.15) is 0 Å². The summed E-state index contributed by atoms with van der Waals surface area (Å²) < 4.78 is 11.5. The fraction of sp³-hybridized carbons (Fsp3) is 0.409. The van der Waals surface area contributed by atoms with E-state index in [0.29, 0.717) is 19.8 Å². The molecule has 1 aliphatic rings. The molecular formula is C22H27NO3. The Balaban J connectivity index is 1.86. The van der Waals surface area contributed by atoms with Crippen molar-refractivity contribution >= 4 is 5.91 Å². The average molecular weight is 353 g/mol. The fourth-order valence-electron chi connectivity index (χ4n) is 3.50. The summed E-state index contributed by atoms with van der Waals surface area (Å²) in [6.07, 6.45) is 0.832. The van der Waals surface area contributed by atoms with Crippen LogP contribution in [-0.4, -0.2) is 30.6 Å². The van der Waals surface area contributed by atoms with E-state index in [9.17, 15) is 4.79 Å². The number of fused-ring (bicyclic) bond motifs is 1. The molecule has 0 bridgehead atoms. The van der Waals surface area contributed by atoms with Gasteiger partial charge in [-0.3, -0.25) is 4.79 Å². The van der Waals surface area contributed by atoms with E-state index in [2.05, 4.69) is 12.1 Å². The molecule has 0 aliphatic carbocycles. The summed E-state index contributed by atoms with van der Waals surface area (Å²) in [5.41, 5.74) is 5.37. The van der Waals surface area contributed by atoms with Gasteiger partial charge in [0.2, 0.25) is 0 Å². The van der Waals surface area contributed by atoms with Crippen LogP contribution in [0.5, 0.6) is 11.5 Å². The highest BCUT2D eigenvalue weighted by atomic mass is 16.5. The van der Waals surface area contributed by atoms with E-state index < -0.39 is 0 Å². The van der Waals surface area contributed by atoms with Gasteiger partial charge in [0.05, 0.1) is 13.2 Å². The predicted octanol–water partition coefficient (Wildman–Crippen LogP) is 4.30. The van der Waals surface area contributed by atoms with Gasteiger partial charge in [-0.1, -0.05) is 17.7 Å². The molecule has 0 aromatic heterocycles. The molecule has 4 nitrogen and oxygen atoms in total. The minimum atomic E-state index is 0.0972. The van der Waals surface area contributed by atoms with E-state index >= 15 is 0 Å². The Labute approximate surface area is 155 Å². The Hall–Kier alpha value is -2.49. The van der Waals surface area contributed by atoms with Crippen molar-refractivity contribution in [3.63, 3.8) is 0 Å². The summed E-state index contributed by atoms with van der Waals surface area (Å²) in [6.45, 7) is 10.5. The highest BCUT2D eigenvalue weighted by Crippen LogP contribution is 2.34. The highest BCUT2D eigenvalue weighted by Gasteiger charge is 2.24. The van der Waals surface area contributed by atoms with Gasteiger partial charge in [0, 0.05) is 18.7 Å². The number of rotatable bonds is 5. The lowest BCUT2D eigenvalue weighted by molar-refractivity contribution is 0.0733. The third-order valence-electron chi connectivity index (χ3n) is 4.78. The Bertz CT molecular complexity index is 813. The maximum absolute atomic E-state index is 13.0. The van der Waals surface area contributed by atoms with Crippen molar-refractivity contribution in [1.29, 1.82) is 0 Å². The molecule has 1 amide bonds. The highest BCUT2D eigenvalue weighted by molar-refractivity contribution is 5.95. The van der Waals surface area contributed by atoms with E-state index in [1.165, 1.54) is 11.1 Å². The molecule has 3 rings (SSSR count). The molecule has 0 unspecified atom stereocenters. The number of carbonyl (C=O) groups is 1. The van der Waals surface area contributed by atoms with Gasteiger partial charge in [-0.25, -0.2) is 0 Å². The number of nitrogens with zero attached hydrogens (tertiary/aromatic N) is 1. The van der Waals surface area contributed by atoms with Crippen molar-refractivity contribution < 1.29 is 14.3 Å². The van der Waals surface area contributed by atoms with Gasteiger partial charge in [0.1, 0.15) is 0 Å². The van der Waals surface area contributed by atoms with Crippen molar-refractivity contribution in [2.45, 2.75) is 40.7 Å². The summed E-state index contributed by atoms with van der Waals surface area (Å²) in [5, 5.41) is 0. The van der Waals surface area contributed by atoms with Gasteiger partial charge in [0.25, 0.3) is 5.91 Å². The number of hydrogen-bond donors (Lipinski definition) is 0. The number of amides is 1. The average Bonchev–Trinajstić information content (AvgIpc) is 2.62. The van der Waals surface area contributed by atoms with Crippen LogP contribution in [0, 0.1) is 13.8 Å². The summed E-state index contributed by atoms with van der Waals surface area (Å²) in [7, 11) is 0. The van der Waals surface area contributed by atoms with Crippen LogP contribution >= 0.6 is 0 Å². The van der Waals surface area contributed by atoms with Crippen molar-refractivity contribution in [2.24, 2.45) is 0 Å². The lowest BCUT2D eigenvalue weighted by Crippen LogP contribution is -2.36. The van der Waals surface area contributed by atoms with E-state index in [0.717, 1.165) is 41.2 Å². The smallest absolute Gasteiger partial charge is 0.254 e. The number of hydrogen-bond acceptors (Lipinski definition) is 3. The van der Waals surface area contributed by atoms with Crippen molar-refractivity contribution in [3.8, 4) is 11.5 Å².